The highest BCUT2D eigenvalue weighted by molar-refractivity contribution is 5.78. The lowest BCUT2D eigenvalue weighted by Crippen LogP contribution is -2.50. The predicted octanol–water partition coefficient (Wildman–Crippen LogP) is 0.938. The van der Waals surface area contributed by atoms with E-state index in [-0.39, 0.29) is 24.0 Å². The number of ether oxygens (including phenoxy) is 1. The van der Waals surface area contributed by atoms with Crippen molar-refractivity contribution in [2.75, 3.05) is 39.3 Å². The predicted molar refractivity (Wildman–Crippen MR) is 75.6 cm³/mol. The average Bonchev–Trinajstić information content (AvgIpc) is 2.46. The smallest absolute Gasteiger partial charge is 0.260 e. The highest BCUT2D eigenvalue weighted by atomic mass is 19.1. The third kappa shape index (κ3) is 4.53. The molecule has 1 aromatic carbocycles. The zero-order chi connectivity index (χ0) is 15.2. The van der Waals surface area contributed by atoms with Crippen LogP contribution in [0.1, 0.15) is 6.92 Å². The first-order chi connectivity index (χ1) is 10.1. The van der Waals surface area contributed by atoms with Crippen LogP contribution in [0.25, 0.3) is 0 Å². The number of carbonyl (C=O) groups excluding carboxylic acids is 2. The van der Waals surface area contributed by atoms with Crippen LogP contribution in [0.5, 0.6) is 5.75 Å². The second-order valence-electron chi connectivity index (χ2n) is 5.08. The number of piperazine rings is 1. The molecule has 1 aliphatic heterocycles. The molecule has 5 nitrogen and oxygen atoms in total. The minimum absolute atomic E-state index is 0.0843. The molecule has 0 radical (unpaired) electrons. The SMILES string of the molecule is CC(=O)CN1CCN(C(=O)COc2ccccc2F)CC1. The van der Waals surface area contributed by atoms with Gasteiger partial charge < -0.3 is 9.64 Å². The monoisotopic (exact) mass is 294 g/mol. The molecule has 2 rings (SSSR count). The number of hydrogen-bond donors (Lipinski definition) is 0. The van der Waals surface area contributed by atoms with Crippen LogP contribution < -0.4 is 4.74 Å². The van der Waals surface area contributed by atoms with Gasteiger partial charge in [0.2, 0.25) is 0 Å². The summed E-state index contributed by atoms with van der Waals surface area (Å²) in [4.78, 5) is 26.7. The zero-order valence-electron chi connectivity index (χ0n) is 12.0. The van der Waals surface area contributed by atoms with Crippen LogP contribution in [0.4, 0.5) is 4.39 Å². The topological polar surface area (TPSA) is 49.9 Å². The summed E-state index contributed by atoms with van der Waals surface area (Å²) < 4.78 is 18.6. The van der Waals surface area contributed by atoms with E-state index in [4.69, 9.17) is 4.74 Å². The molecule has 0 bridgehead atoms. The van der Waals surface area contributed by atoms with Gasteiger partial charge in [-0.05, 0) is 19.1 Å². The molecule has 0 unspecified atom stereocenters. The molecule has 0 aliphatic carbocycles. The molecule has 114 valence electrons. The lowest BCUT2D eigenvalue weighted by Gasteiger charge is -2.34. The van der Waals surface area contributed by atoms with Crippen molar-refractivity contribution in [2.45, 2.75) is 6.92 Å². The molecule has 1 saturated heterocycles. The first kappa shape index (κ1) is 15.4. The molecule has 0 N–H and O–H groups in total. The summed E-state index contributed by atoms with van der Waals surface area (Å²) in [6.45, 7) is 4.27. The Morgan fingerprint density at radius 2 is 1.86 bits per heavy atom. The van der Waals surface area contributed by atoms with Crippen molar-refractivity contribution >= 4 is 11.7 Å². The van der Waals surface area contributed by atoms with E-state index >= 15 is 0 Å². The molecule has 1 heterocycles. The van der Waals surface area contributed by atoms with E-state index in [1.807, 2.05) is 4.90 Å². The number of para-hydroxylation sites is 1. The molecule has 0 atom stereocenters. The Morgan fingerprint density at radius 3 is 2.48 bits per heavy atom. The second-order valence-corrected chi connectivity index (χ2v) is 5.08. The first-order valence-electron chi connectivity index (χ1n) is 6.93. The fourth-order valence-electron chi connectivity index (χ4n) is 2.26. The Kier molecular flexibility index (Phi) is 5.27. The number of nitrogens with zero attached hydrogens (tertiary/aromatic N) is 2. The summed E-state index contributed by atoms with van der Waals surface area (Å²) in [6.07, 6.45) is 0. The highest BCUT2D eigenvalue weighted by Gasteiger charge is 2.22. The molecular weight excluding hydrogens is 275 g/mol. The van der Waals surface area contributed by atoms with Crippen LogP contribution in [0.15, 0.2) is 24.3 Å². The van der Waals surface area contributed by atoms with E-state index in [1.165, 1.54) is 12.1 Å². The summed E-state index contributed by atoms with van der Waals surface area (Å²) in [6, 6.07) is 6.01. The van der Waals surface area contributed by atoms with E-state index < -0.39 is 5.82 Å². The van der Waals surface area contributed by atoms with Gasteiger partial charge in [-0.3, -0.25) is 14.5 Å². The first-order valence-corrected chi connectivity index (χ1v) is 6.93. The molecular formula is C15H19FN2O3. The quantitative estimate of drug-likeness (QED) is 0.811. The van der Waals surface area contributed by atoms with Crippen LogP contribution in [-0.2, 0) is 9.59 Å². The van der Waals surface area contributed by atoms with Crippen LogP contribution in [0.3, 0.4) is 0 Å². The Balaban J connectivity index is 1.77. The van der Waals surface area contributed by atoms with Crippen LogP contribution in [0.2, 0.25) is 0 Å². The van der Waals surface area contributed by atoms with Gasteiger partial charge in [-0.25, -0.2) is 4.39 Å². The van der Waals surface area contributed by atoms with Crippen molar-refractivity contribution in [3.63, 3.8) is 0 Å². The van der Waals surface area contributed by atoms with Crippen molar-refractivity contribution < 1.29 is 18.7 Å². The normalized spacial score (nSPS) is 15.8. The van der Waals surface area contributed by atoms with Crippen molar-refractivity contribution in [1.29, 1.82) is 0 Å². The molecule has 0 spiro atoms. The van der Waals surface area contributed by atoms with E-state index in [0.717, 1.165) is 0 Å². The molecule has 1 aromatic rings. The van der Waals surface area contributed by atoms with E-state index in [9.17, 15) is 14.0 Å². The number of hydrogen-bond acceptors (Lipinski definition) is 4. The minimum Gasteiger partial charge on any atom is -0.481 e. The summed E-state index contributed by atoms with van der Waals surface area (Å²) in [5.41, 5.74) is 0. The Bertz CT molecular complexity index is 513. The van der Waals surface area contributed by atoms with Gasteiger partial charge >= 0.3 is 0 Å². The van der Waals surface area contributed by atoms with E-state index in [0.29, 0.717) is 32.7 Å². The molecule has 0 saturated carbocycles. The fraction of sp³-hybridized carbons (Fsp3) is 0.467. The molecule has 21 heavy (non-hydrogen) atoms. The Morgan fingerprint density at radius 1 is 1.19 bits per heavy atom. The van der Waals surface area contributed by atoms with Gasteiger partial charge in [0.1, 0.15) is 5.78 Å². The van der Waals surface area contributed by atoms with Gasteiger partial charge in [0.25, 0.3) is 5.91 Å². The van der Waals surface area contributed by atoms with Crippen molar-refractivity contribution in [2.24, 2.45) is 0 Å². The number of ketones is 1. The number of amides is 1. The van der Waals surface area contributed by atoms with Crippen molar-refractivity contribution in [1.82, 2.24) is 9.80 Å². The van der Waals surface area contributed by atoms with E-state index in [2.05, 4.69) is 0 Å². The molecule has 1 aliphatic rings. The highest BCUT2D eigenvalue weighted by Crippen LogP contribution is 2.15. The number of Topliss-reactive ketones (excluding diaryl/α,β-unsaturated/α-hetero) is 1. The summed E-state index contributed by atoms with van der Waals surface area (Å²) in [5.74, 6) is -0.434. The summed E-state index contributed by atoms with van der Waals surface area (Å²) in [7, 11) is 0. The van der Waals surface area contributed by atoms with Gasteiger partial charge in [0, 0.05) is 26.2 Å². The van der Waals surface area contributed by atoms with Crippen LogP contribution in [0, 0.1) is 5.82 Å². The number of rotatable bonds is 5. The summed E-state index contributed by atoms with van der Waals surface area (Å²) in [5, 5.41) is 0. The maximum Gasteiger partial charge on any atom is 0.260 e. The van der Waals surface area contributed by atoms with Crippen LogP contribution in [-0.4, -0.2) is 60.8 Å². The minimum atomic E-state index is -0.475. The Hall–Kier alpha value is -1.95. The van der Waals surface area contributed by atoms with Crippen molar-refractivity contribution in [3.05, 3.63) is 30.1 Å². The van der Waals surface area contributed by atoms with Gasteiger partial charge in [0.15, 0.2) is 18.2 Å². The lowest BCUT2D eigenvalue weighted by molar-refractivity contribution is -0.135. The number of carbonyl (C=O) groups is 2. The summed E-state index contributed by atoms with van der Waals surface area (Å²) >= 11 is 0. The molecule has 1 fully saturated rings. The van der Waals surface area contributed by atoms with Crippen LogP contribution >= 0.6 is 0 Å². The maximum atomic E-state index is 13.4. The molecule has 1 amide bonds. The average molecular weight is 294 g/mol. The maximum absolute atomic E-state index is 13.4. The number of benzene rings is 1. The standard InChI is InChI=1S/C15H19FN2O3/c1-12(19)10-17-6-8-18(9-7-17)15(20)11-21-14-5-3-2-4-13(14)16/h2-5H,6-11H2,1H3. The lowest BCUT2D eigenvalue weighted by atomic mass is 10.3. The van der Waals surface area contributed by atoms with Gasteiger partial charge in [-0.2, -0.15) is 0 Å². The van der Waals surface area contributed by atoms with Gasteiger partial charge in [0.05, 0.1) is 6.54 Å². The van der Waals surface area contributed by atoms with Gasteiger partial charge in [-0.15, -0.1) is 0 Å². The second kappa shape index (κ2) is 7.17. The Labute approximate surface area is 123 Å². The van der Waals surface area contributed by atoms with Gasteiger partial charge in [-0.1, -0.05) is 12.1 Å². The number of halogens is 1. The van der Waals surface area contributed by atoms with Crippen molar-refractivity contribution in [3.8, 4) is 5.75 Å². The zero-order valence-corrected chi connectivity index (χ0v) is 12.0. The third-order valence-corrected chi connectivity index (χ3v) is 3.36. The molecule has 0 aromatic heterocycles. The largest absolute Gasteiger partial charge is 0.481 e. The molecule has 6 heteroatoms. The van der Waals surface area contributed by atoms with E-state index in [1.54, 1.807) is 24.0 Å². The fourth-order valence-corrected chi connectivity index (χ4v) is 2.26. The third-order valence-electron chi connectivity index (χ3n) is 3.36.